The molecule has 0 saturated carbocycles. The van der Waals surface area contributed by atoms with Crippen molar-refractivity contribution in [2.75, 3.05) is 5.32 Å². The second-order valence-corrected chi connectivity index (χ2v) is 4.31. The molecule has 2 aromatic rings. The summed E-state index contributed by atoms with van der Waals surface area (Å²) >= 11 is 3.12. The Hall–Kier alpha value is -2.22. The molecule has 0 bridgehead atoms. The maximum Gasteiger partial charge on any atom is 0.271 e. The molecule has 1 aromatic carbocycles. The van der Waals surface area contributed by atoms with E-state index in [1.54, 1.807) is 0 Å². The number of amides is 1. The second kappa shape index (κ2) is 4.96. The van der Waals surface area contributed by atoms with Gasteiger partial charge in [-0.05, 0) is 6.07 Å². The topological polar surface area (TPSA) is 101 Å². The van der Waals surface area contributed by atoms with E-state index in [0.717, 1.165) is 0 Å². The molecule has 0 radical (unpaired) electrons. The average Bonchev–Trinajstić information content (AvgIpc) is 2.80. The molecule has 1 heterocycles. The number of aromatic amines is 1. The fourth-order valence-electron chi connectivity index (χ4n) is 1.33. The average molecular weight is 311 g/mol. The third-order valence-electron chi connectivity index (χ3n) is 2.11. The van der Waals surface area contributed by atoms with Gasteiger partial charge in [-0.2, -0.15) is 5.10 Å². The summed E-state index contributed by atoms with van der Waals surface area (Å²) in [5.74, 6) is -0.444. The third-order valence-corrected chi connectivity index (χ3v) is 2.57. The van der Waals surface area contributed by atoms with Crippen LogP contribution < -0.4 is 5.32 Å². The van der Waals surface area contributed by atoms with Crippen LogP contribution in [-0.4, -0.2) is 21.0 Å². The van der Waals surface area contributed by atoms with Gasteiger partial charge in [-0.15, -0.1) is 0 Å². The Bertz CT molecular complexity index is 597. The summed E-state index contributed by atoms with van der Waals surface area (Å²) in [6.07, 6.45) is 2.94. The number of hydrogen-bond donors (Lipinski definition) is 2. The smallest absolute Gasteiger partial charge is 0.271 e. The highest BCUT2D eigenvalue weighted by Gasteiger charge is 2.14. The Morgan fingerprint density at radius 1 is 1.44 bits per heavy atom. The number of rotatable bonds is 3. The zero-order valence-electron chi connectivity index (χ0n) is 8.88. The van der Waals surface area contributed by atoms with Crippen molar-refractivity contribution in [2.24, 2.45) is 0 Å². The number of nitro benzene ring substituents is 1. The Morgan fingerprint density at radius 2 is 2.22 bits per heavy atom. The number of carbonyl (C=O) groups excluding carboxylic acids is 1. The van der Waals surface area contributed by atoms with Crippen LogP contribution in [-0.2, 0) is 0 Å². The molecule has 92 valence electrons. The van der Waals surface area contributed by atoms with E-state index < -0.39 is 10.8 Å². The molecule has 1 aromatic heterocycles. The first-order chi connectivity index (χ1) is 8.56. The van der Waals surface area contributed by atoms with Crippen LogP contribution in [0.25, 0.3) is 0 Å². The molecule has 7 nitrogen and oxygen atoms in total. The number of aromatic nitrogens is 2. The molecule has 0 aliphatic carbocycles. The van der Waals surface area contributed by atoms with E-state index >= 15 is 0 Å². The minimum Gasteiger partial charge on any atom is -0.319 e. The van der Waals surface area contributed by atoms with E-state index in [4.69, 9.17) is 0 Å². The SMILES string of the molecule is O=C(Nc1cn[nH]c1)c1cc(Br)cc([N+](=O)[O-])c1. The van der Waals surface area contributed by atoms with E-state index in [2.05, 4.69) is 31.4 Å². The van der Waals surface area contributed by atoms with Crippen LogP contribution in [0.3, 0.4) is 0 Å². The molecule has 1 amide bonds. The highest BCUT2D eigenvalue weighted by molar-refractivity contribution is 9.10. The van der Waals surface area contributed by atoms with Gasteiger partial charge in [0.15, 0.2) is 0 Å². The first-order valence-corrected chi connectivity index (χ1v) is 5.60. The summed E-state index contributed by atoms with van der Waals surface area (Å²) in [6, 6.07) is 4.04. The van der Waals surface area contributed by atoms with Crippen LogP contribution in [0.5, 0.6) is 0 Å². The summed E-state index contributed by atoms with van der Waals surface area (Å²) in [7, 11) is 0. The van der Waals surface area contributed by atoms with E-state index in [9.17, 15) is 14.9 Å². The fourth-order valence-corrected chi connectivity index (χ4v) is 1.81. The van der Waals surface area contributed by atoms with Gasteiger partial charge in [0, 0.05) is 28.4 Å². The normalized spacial score (nSPS) is 10.1. The summed E-state index contributed by atoms with van der Waals surface area (Å²) in [5.41, 5.74) is 0.529. The number of halogens is 1. The van der Waals surface area contributed by atoms with Crippen molar-refractivity contribution < 1.29 is 9.72 Å². The highest BCUT2D eigenvalue weighted by atomic mass is 79.9. The molecule has 0 atom stereocenters. The predicted molar refractivity (Wildman–Crippen MR) is 67.3 cm³/mol. The number of carbonyl (C=O) groups is 1. The first kappa shape index (κ1) is 12.2. The number of non-ortho nitro benzene ring substituents is 1. The van der Waals surface area contributed by atoms with Crippen LogP contribution in [0.1, 0.15) is 10.4 Å². The lowest BCUT2D eigenvalue weighted by Gasteiger charge is -2.03. The van der Waals surface area contributed by atoms with Crippen LogP contribution in [0.4, 0.5) is 11.4 Å². The van der Waals surface area contributed by atoms with E-state index in [1.807, 2.05) is 0 Å². The number of nitrogens with one attached hydrogen (secondary N) is 2. The maximum absolute atomic E-state index is 11.8. The minimum absolute atomic E-state index is 0.151. The maximum atomic E-state index is 11.8. The molecular weight excluding hydrogens is 304 g/mol. The van der Waals surface area contributed by atoms with E-state index in [-0.39, 0.29) is 11.3 Å². The Kier molecular flexibility index (Phi) is 3.38. The predicted octanol–water partition coefficient (Wildman–Crippen LogP) is 2.33. The summed E-state index contributed by atoms with van der Waals surface area (Å²) < 4.78 is 0.467. The molecule has 0 fully saturated rings. The van der Waals surface area contributed by atoms with Crippen molar-refractivity contribution in [1.82, 2.24) is 10.2 Å². The minimum atomic E-state index is -0.556. The highest BCUT2D eigenvalue weighted by Crippen LogP contribution is 2.22. The van der Waals surface area contributed by atoms with Gasteiger partial charge in [0.25, 0.3) is 11.6 Å². The van der Waals surface area contributed by atoms with Crippen LogP contribution in [0, 0.1) is 10.1 Å². The largest absolute Gasteiger partial charge is 0.319 e. The standard InChI is InChI=1S/C10H7BrN4O3/c11-7-1-6(2-9(3-7)15(17)18)10(16)14-8-4-12-13-5-8/h1-5H,(H,12,13)(H,14,16). The molecule has 2 rings (SSSR count). The van der Waals surface area contributed by atoms with Gasteiger partial charge in [-0.3, -0.25) is 20.0 Å². The molecule has 0 saturated heterocycles. The molecule has 8 heteroatoms. The van der Waals surface area contributed by atoms with Crippen molar-refractivity contribution in [3.8, 4) is 0 Å². The van der Waals surface area contributed by atoms with Crippen LogP contribution in [0.15, 0.2) is 35.1 Å². The summed E-state index contributed by atoms with van der Waals surface area (Å²) in [5, 5.41) is 19.5. The van der Waals surface area contributed by atoms with Gasteiger partial charge in [0.2, 0.25) is 0 Å². The van der Waals surface area contributed by atoms with Gasteiger partial charge < -0.3 is 5.32 Å². The van der Waals surface area contributed by atoms with E-state index in [1.165, 1.54) is 30.6 Å². The Morgan fingerprint density at radius 3 is 2.83 bits per heavy atom. The van der Waals surface area contributed by atoms with Crippen molar-refractivity contribution >= 4 is 33.2 Å². The zero-order chi connectivity index (χ0) is 13.1. The van der Waals surface area contributed by atoms with Crippen molar-refractivity contribution in [3.05, 3.63) is 50.7 Å². The number of anilines is 1. The quantitative estimate of drug-likeness (QED) is 0.671. The monoisotopic (exact) mass is 310 g/mol. The van der Waals surface area contributed by atoms with Crippen LogP contribution in [0.2, 0.25) is 0 Å². The number of H-pyrrole nitrogens is 1. The molecule has 0 spiro atoms. The third kappa shape index (κ3) is 2.72. The van der Waals surface area contributed by atoms with Crippen molar-refractivity contribution in [1.29, 1.82) is 0 Å². The molecule has 2 N–H and O–H groups in total. The molecule has 0 aliphatic rings. The number of hydrogen-bond acceptors (Lipinski definition) is 4. The van der Waals surface area contributed by atoms with Gasteiger partial charge in [0.05, 0.1) is 16.8 Å². The fraction of sp³-hybridized carbons (Fsp3) is 0. The van der Waals surface area contributed by atoms with Crippen molar-refractivity contribution in [2.45, 2.75) is 0 Å². The molecule has 18 heavy (non-hydrogen) atoms. The number of nitrogens with zero attached hydrogens (tertiary/aromatic N) is 2. The molecular formula is C10H7BrN4O3. The number of nitro groups is 1. The van der Waals surface area contributed by atoms with Gasteiger partial charge in [0.1, 0.15) is 0 Å². The lowest BCUT2D eigenvalue weighted by molar-refractivity contribution is -0.384. The second-order valence-electron chi connectivity index (χ2n) is 3.40. The summed E-state index contributed by atoms with van der Waals surface area (Å²) in [4.78, 5) is 22.0. The van der Waals surface area contributed by atoms with Crippen LogP contribution >= 0.6 is 15.9 Å². The van der Waals surface area contributed by atoms with Crippen molar-refractivity contribution in [3.63, 3.8) is 0 Å². The van der Waals surface area contributed by atoms with Gasteiger partial charge in [-0.25, -0.2) is 0 Å². The molecule has 0 aliphatic heterocycles. The first-order valence-electron chi connectivity index (χ1n) is 4.81. The van der Waals surface area contributed by atoms with E-state index in [0.29, 0.717) is 10.2 Å². The Balaban J connectivity index is 2.27. The number of benzene rings is 1. The lowest BCUT2D eigenvalue weighted by atomic mass is 10.2. The van der Waals surface area contributed by atoms with Gasteiger partial charge in [-0.1, -0.05) is 15.9 Å². The lowest BCUT2D eigenvalue weighted by Crippen LogP contribution is -2.11. The zero-order valence-corrected chi connectivity index (χ0v) is 10.5. The Labute approximate surface area is 109 Å². The molecule has 0 unspecified atom stereocenters. The van der Waals surface area contributed by atoms with Gasteiger partial charge >= 0.3 is 0 Å². The summed E-state index contributed by atoms with van der Waals surface area (Å²) in [6.45, 7) is 0.